The summed E-state index contributed by atoms with van der Waals surface area (Å²) < 4.78 is 4.92. The topological polar surface area (TPSA) is 75.7 Å². The first kappa shape index (κ1) is 17.0. The molecule has 0 aliphatic rings. The van der Waals surface area contributed by atoms with Gasteiger partial charge in [0.25, 0.3) is 5.91 Å². The number of nitrogens with one attached hydrogen (secondary N) is 1. The van der Waals surface area contributed by atoms with E-state index in [0.717, 1.165) is 0 Å². The Balaban J connectivity index is 2.72. The van der Waals surface area contributed by atoms with Gasteiger partial charge in [0, 0.05) is 26.0 Å². The zero-order valence-corrected chi connectivity index (χ0v) is 13.0. The van der Waals surface area contributed by atoms with E-state index < -0.39 is 5.97 Å². The third kappa shape index (κ3) is 5.47. The predicted octanol–water partition coefficient (Wildman–Crippen LogP) is 0.770. The van der Waals surface area contributed by atoms with Crippen molar-refractivity contribution in [2.45, 2.75) is 4.90 Å². The summed E-state index contributed by atoms with van der Waals surface area (Å²) in [5.41, 5.74) is 0.345. The molecule has 0 fully saturated rings. The van der Waals surface area contributed by atoms with Crippen LogP contribution >= 0.6 is 11.8 Å². The van der Waals surface area contributed by atoms with Crippen LogP contribution in [-0.4, -0.2) is 56.2 Å². The summed E-state index contributed by atoms with van der Waals surface area (Å²) in [5, 5.41) is 2.37. The number of thioether (sulfide) groups is 1. The van der Waals surface area contributed by atoms with Crippen molar-refractivity contribution in [3.63, 3.8) is 0 Å². The first-order valence-electron chi connectivity index (χ1n) is 6.25. The fourth-order valence-corrected chi connectivity index (χ4v) is 2.33. The Kier molecular flexibility index (Phi) is 6.74. The molecular formula is C14H18N2O4S. The Hall–Kier alpha value is -2.02. The predicted molar refractivity (Wildman–Crippen MR) is 80.2 cm³/mol. The van der Waals surface area contributed by atoms with E-state index in [-0.39, 0.29) is 24.2 Å². The second-order valence-electron chi connectivity index (χ2n) is 4.32. The smallest absolute Gasteiger partial charge is 0.339 e. The van der Waals surface area contributed by atoms with Crippen molar-refractivity contribution in [1.29, 1.82) is 0 Å². The van der Waals surface area contributed by atoms with Gasteiger partial charge in [-0.15, -0.1) is 11.8 Å². The van der Waals surface area contributed by atoms with Crippen LogP contribution < -0.4 is 5.32 Å². The molecule has 1 N–H and O–H groups in total. The molecule has 0 aliphatic heterocycles. The number of benzene rings is 1. The van der Waals surface area contributed by atoms with Crippen LogP contribution in [0.2, 0.25) is 0 Å². The van der Waals surface area contributed by atoms with Crippen LogP contribution in [0.15, 0.2) is 29.2 Å². The maximum Gasteiger partial charge on any atom is 0.339 e. The molecule has 0 bridgehead atoms. The summed E-state index contributed by atoms with van der Waals surface area (Å²) >= 11 is 1.26. The summed E-state index contributed by atoms with van der Waals surface area (Å²) in [6.45, 7) is -0.328. The van der Waals surface area contributed by atoms with Gasteiger partial charge in [-0.2, -0.15) is 0 Å². The van der Waals surface area contributed by atoms with Gasteiger partial charge in [0.2, 0.25) is 5.91 Å². The van der Waals surface area contributed by atoms with Gasteiger partial charge >= 0.3 is 5.97 Å². The molecule has 0 spiro atoms. The van der Waals surface area contributed by atoms with Gasteiger partial charge in [-0.3, -0.25) is 9.59 Å². The molecule has 7 heteroatoms. The van der Waals surface area contributed by atoms with E-state index in [9.17, 15) is 14.4 Å². The van der Waals surface area contributed by atoms with Crippen molar-refractivity contribution in [3.05, 3.63) is 29.8 Å². The van der Waals surface area contributed by atoms with E-state index in [1.807, 2.05) is 0 Å². The van der Waals surface area contributed by atoms with Crippen molar-refractivity contribution in [2.75, 3.05) is 33.5 Å². The molecule has 0 atom stereocenters. The lowest BCUT2D eigenvalue weighted by atomic mass is 10.2. The van der Waals surface area contributed by atoms with Gasteiger partial charge in [0.15, 0.2) is 6.61 Å². The first-order chi connectivity index (χ1) is 9.95. The third-order valence-electron chi connectivity index (χ3n) is 2.57. The lowest BCUT2D eigenvalue weighted by Gasteiger charge is -2.11. The molecule has 6 nitrogen and oxygen atoms in total. The fraction of sp³-hybridized carbons (Fsp3) is 0.357. The molecule has 0 saturated carbocycles. The minimum atomic E-state index is -0.584. The Labute approximate surface area is 127 Å². The minimum Gasteiger partial charge on any atom is -0.452 e. The average Bonchev–Trinajstić information content (AvgIpc) is 2.49. The summed E-state index contributed by atoms with van der Waals surface area (Å²) in [7, 11) is 4.81. The number of hydrogen-bond donors (Lipinski definition) is 1. The molecule has 0 saturated heterocycles. The molecule has 0 heterocycles. The van der Waals surface area contributed by atoms with Crippen LogP contribution in [0.25, 0.3) is 0 Å². The number of esters is 1. The molecule has 114 valence electrons. The number of amides is 2. The van der Waals surface area contributed by atoms with Crippen molar-refractivity contribution in [2.24, 2.45) is 0 Å². The van der Waals surface area contributed by atoms with Crippen molar-refractivity contribution in [3.8, 4) is 0 Å². The number of carbonyl (C=O) groups excluding carboxylic acids is 3. The number of likely N-dealkylation sites (N-methyl/N-ethyl adjacent to an activating group) is 1. The number of rotatable bonds is 6. The summed E-state index contributed by atoms with van der Waals surface area (Å²) in [4.78, 5) is 36.8. The normalized spacial score (nSPS) is 9.86. The average molecular weight is 310 g/mol. The Morgan fingerprint density at radius 3 is 2.52 bits per heavy atom. The van der Waals surface area contributed by atoms with E-state index >= 15 is 0 Å². The zero-order chi connectivity index (χ0) is 15.8. The number of nitrogens with zero attached hydrogens (tertiary/aromatic N) is 1. The van der Waals surface area contributed by atoms with Gasteiger partial charge in [-0.05, 0) is 12.1 Å². The Morgan fingerprint density at radius 2 is 1.90 bits per heavy atom. The zero-order valence-electron chi connectivity index (χ0n) is 12.2. The Bertz CT molecular complexity index is 531. The molecule has 0 aliphatic carbocycles. The summed E-state index contributed by atoms with van der Waals surface area (Å²) in [6, 6.07) is 6.82. The maximum absolute atomic E-state index is 12.0. The molecule has 1 aromatic carbocycles. The monoisotopic (exact) mass is 310 g/mol. The quantitative estimate of drug-likeness (QED) is 0.620. The molecular weight excluding hydrogens is 292 g/mol. The summed E-state index contributed by atoms with van der Waals surface area (Å²) in [6.07, 6.45) is 0. The standard InChI is InChI=1S/C14H18N2O4S/c1-15-12(17)8-20-14(19)10-6-4-5-7-11(10)21-9-13(18)16(2)3/h4-7H,8-9H2,1-3H3,(H,15,17). The highest BCUT2D eigenvalue weighted by Crippen LogP contribution is 2.23. The molecule has 1 aromatic rings. The molecule has 0 unspecified atom stereocenters. The van der Waals surface area contributed by atoms with Gasteiger partial charge in [0.05, 0.1) is 11.3 Å². The van der Waals surface area contributed by atoms with Crippen molar-refractivity contribution >= 4 is 29.5 Å². The van der Waals surface area contributed by atoms with E-state index in [0.29, 0.717) is 10.5 Å². The SMILES string of the molecule is CNC(=O)COC(=O)c1ccccc1SCC(=O)N(C)C. The molecule has 0 aromatic heterocycles. The van der Waals surface area contributed by atoms with Gasteiger partial charge < -0.3 is 15.0 Å². The van der Waals surface area contributed by atoms with Gasteiger partial charge in [-0.25, -0.2) is 4.79 Å². The van der Waals surface area contributed by atoms with E-state index in [1.165, 1.54) is 23.7 Å². The van der Waals surface area contributed by atoms with Crippen LogP contribution in [0, 0.1) is 0 Å². The van der Waals surface area contributed by atoms with E-state index in [1.54, 1.807) is 38.4 Å². The lowest BCUT2D eigenvalue weighted by molar-refractivity contribution is -0.126. The number of hydrogen-bond acceptors (Lipinski definition) is 5. The Morgan fingerprint density at radius 1 is 1.24 bits per heavy atom. The van der Waals surface area contributed by atoms with Crippen LogP contribution in [0.4, 0.5) is 0 Å². The largest absolute Gasteiger partial charge is 0.452 e. The highest BCUT2D eigenvalue weighted by molar-refractivity contribution is 8.00. The molecule has 21 heavy (non-hydrogen) atoms. The fourth-order valence-electron chi connectivity index (χ4n) is 1.31. The maximum atomic E-state index is 12.0. The second kappa shape index (κ2) is 8.31. The second-order valence-corrected chi connectivity index (χ2v) is 5.34. The summed E-state index contributed by atoms with van der Waals surface area (Å²) in [5.74, 6) is -0.781. The van der Waals surface area contributed by atoms with Crippen molar-refractivity contribution < 1.29 is 19.1 Å². The number of ether oxygens (including phenoxy) is 1. The van der Waals surface area contributed by atoms with Crippen molar-refractivity contribution in [1.82, 2.24) is 10.2 Å². The van der Waals surface area contributed by atoms with E-state index in [2.05, 4.69) is 5.32 Å². The van der Waals surface area contributed by atoms with Crippen LogP contribution in [0.5, 0.6) is 0 Å². The highest BCUT2D eigenvalue weighted by atomic mass is 32.2. The third-order valence-corrected chi connectivity index (χ3v) is 3.63. The number of carbonyl (C=O) groups is 3. The molecule has 1 rings (SSSR count). The minimum absolute atomic E-state index is 0.0477. The first-order valence-corrected chi connectivity index (χ1v) is 7.24. The van der Waals surface area contributed by atoms with E-state index in [4.69, 9.17) is 4.74 Å². The van der Waals surface area contributed by atoms with Crippen LogP contribution in [-0.2, 0) is 14.3 Å². The van der Waals surface area contributed by atoms with Crippen LogP contribution in [0.1, 0.15) is 10.4 Å². The van der Waals surface area contributed by atoms with Gasteiger partial charge in [0.1, 0.15) is 0 Å². The van der Waals surface area contributed by atoms with Crippen LogP contribution in [0.3, 0.4) is 0 Å². The molecule has 0 radical (unpaired) electrons. The highest BCUT2D eigenvalue weighted by Gasteiger charge is 2.15. The lowest BCUT2D eigenvalue weighted by Crippen LogP contribution is -2.25. The molecule has 2 amide bonds. The van der Waals surface area contributed by atoms with Gasteiger partial charge in [-0.1, -0.05) is 12.1 Å².